The highest BCUT2D eigenvalue weighted by molar-refractivity contribution is 7.89. The van der Waals surface area contributed by atoms with Crippen LogP contribution < -0.4 is 19.7 Å². The van der Waals surface area contributed by atoms with Crippen LogP contribution >= 0.6 is 0 Å². The molecule has 2 rings (SSSR count). The molecule has 0 aromatic heterocycles. The summed E-state index contributed by atoms with van der Waals surface area (Å²) in [6, 6.07) is 11.2. The summed E-state index contributed by atoms with van der Waals surface area (Å²) in [4.78, 5) is 14.6. The molecule has 29 heavy (non-hydrogen) atoms. The summed E-state index contributed by atoms with van der Waals surface area (Å²) in [6.45, 7) is 6.73. The summed E-state index contributed by atoms with van der Waals surface area (Å²) < 4.78 is 35.7. The van der Waals surface area contributed by atoms with Gasteiger partial charge in [0.05, 0.1) is 18.6 Å². The lowest BCUT2D eigenvalue weighted by Gasteiger charge is -2.13. The highest BCUT2D eigenvalue weighted by atomic mass is 32.2. The van der Waals surface area contributed by atoms with Gasteiger partial charge < -0.3 is 9.47 Å². The first kappa shape index (κ1) is 22.7. The van der Waals surface area contributed by atoms with E-state index in [1.54, 1.807) is 24.3 Å². The van der Waals surface area contributed by atoms with Crippen molar-refractivity contribution in [1.29, 1.82) is 0 Å². The number of rotatable bonds is 10. The van der Waals surface area contributed by atoms with E-state index >= 15 is 0 Å². The Bertz CT molecular complexity index is 925. The molecule has 0 saturated carbocycles. The fraction of sp³-hybridized carbons (Fsp3) is 0.381. The highest BCUT2D eigenvalue weighted by Gasteiger charge is 2.17. The van der Waals surface area contributed by atoms with Gasteiger partial charge in [-0.3, -0.25) is 10.2 Å². The maximum absolute atomic E-state index is 12.4. The number of amides is 1. The number of ether oxygens (including phenoxy) is 2. The van der Waals surface area contributed by atoms with E-state index in [9.17, 15) is 13.2 Å². The molecule has 0 radical (unpaired) electrons. The molecule has 0 spiro atoms. The molecule has 0 unspecified atom stereocenters. The molecule has 158 valence electrons. The second kappa shape index (κ2) is 10.3. The van der Waals surface area contributed by atoms with Crippen molar-refractivity contribution < 1.29 is 22.7 Å². The number of hydrogen-bond donors (Lipinski definition) is 2. The van der Waals surface area contributed by atoms with Gasteiger partial charge in [-0.25, -0.2) is 8.42 Å². The van der Waals surface area contributed by atoms with Gasteiger partial charge in [0.25, 0.3) is 15.9 Å². The number of aryl methyl sites for hydroxylation is 1. The molecule has 7 nitrogen and oxygen atoms in total. The molecule has 0 aliphatic rings. The van der Waals surface area contributed by atoms with Crippen LogP contribution in [0.1, 0.15) is 43.1 Å². The normalized spacial score (nSPS) is 11.3. The van der Waals surface area contributed by atoms with Crippen LogP contribution in [0.5, 0.6) is 11.5 Å². The van der Waals surface area contributed by atoms with Crippen molar-refractivity contribution in [3.63, 3.8) is 0 Å². The maximum atomic E-state index is 12.4. The Morgan fingerprint density at radius 1 is 1.07 bits per heavy atom. The average Bonchev–Trinajstić information content (AvgIpc) is 2.72. The van der Waals surface area contributed by atoms with Gasteiger partial charge in [-0.15, -0.1) is 4.83 Å². The molecule has 0 atom stereocenters. The van der Waals surface area contributed by atoms with Crippen molar-refractivity contribution in [2.24, 2.45) is 5.92 Å². The second-order valence-electron chi connectivity index (χ2n) is 6.95. The molecule has 2 aromatic carbocycles. The van der Waals surface area contributed by atoms with E-state index in [-0.39, 0.29) is 10.5 Å². The Hall–Kier alpha value is -2.58. The van der Waals surface area contributed by atoms with E-state index < -0.39 is 15.9 Å². The van der Waals surface area contributed by atoms with Crippen molar-refractivity contribution in [2.45, 2.75) is 38.5 Å². The molecule has 1 amide bonds. The first-order valence-corrected chi connectivity index (χ1v) is 11.0. The van der Waals surface area contributed by atoms with Crippen LogP contribution in [0.25, 0.3) is 0 Å². The zero-order valence-corrected chi connectivity index (χ0v) is 18.0. The van der Waals surface area contributed by atoms with Gasteiger partial charge in [0.15, 0.2) is 11.5 Å². The van der Waals surface area contributed by atoms with E-state index in [4.69, 9.17) is 9.47 Å². The zero-order chi connectivity index (χ0) is 21.4. The van der Waals surface area contributed by atoms with Crippen LogP contribution in [0.3, 0.4) is 0 Å². The van der Waals surface area contributed by atoms with Crippen LogP contribution in [0, 0.1) is 5.92 Å². The number of hydrogen-bond acceptors (Lipinski definition) is 5. The van der Waals surface area contributed by atoms with Gasteiger partial charge >= 0.3 is 0 Å². The minimum absolute atomic E-state index is 0.0708. The SMILES string of the molecule is CCc1ccc(S(=O)(=O)NNC(=O)c2ccc(OCCC(C)C)c(OC)c2)cc1. The number of hydrazine groups is 1. The monoisotopic (exact) mass is 420 g/mol. The highest BCUT2D eigenvalue weighted by Crippen LogP contribution is 2.28. The summed E-state index contributed by atoms with van der Waals surface area (Å²) in [7, 11) is -2.39. The van der Waals surface area contributed by atoms with Crippen molar-refractivity contribution in [2.75, 3.05) is 13.7 Å². The summed E-state index contributed by atoms with van der Waals surface area (Å²) in [5.74, 6) is 0.837. The number of carbonyl (C=O) groups is 1. The van der Waals surface area contributed by atoms with Gasteiger partial charge in [-0.05, 0) is 54.7 Å². The number of carbonyl (C=O) groups excluding carboxylic acids is 1. The molecule has 0 aliphatic heterocycles. The largest absolute Gasteiger partial charge is 0.493 e. The first-order chi connectivity index (χ1) is 13.8. The topological polar surface area (TPSA) is 93.7 Å². The number of benzene rings is 2. The van der Waals surface area contributed by atoms with E-state index in [1.807, 2.05) is 6.92 Å². The fourth-order valence-electron chi connectivity index (χ4n) is 2.48. The molecule has 0 heterocycles. The summed E-state index contributed by atoms with van der Waals surface area (Å²) in [6.07, 6.45) is 1.70. The Balaban J connectivity index is 2.03. The van der Waals surface area contributed by atoms with Crippen LogP contribution in [0.15, 0.2) is 47.4 Å². The average molecular weight is 421 g/mol. The number of nitrogens with one attached hydrogen (secondary N) is 2. The summed E-state index contributed by atoms with van der Waals surface area (Å²) in [5.41, 5.74) is 3.48. The quantitative estimate of drug-likeness (QED) is 0.575. The van der Waals surface area contributed by atoms with Gasteiger partial charge in [0.2, 0.25) is 0 Å². The lowest BCUT2D eigenvalue weighted by molar-refractivity contribution is 0.0944. The van der Waals surface area contributed by atoms with E-state index in [2.05, 4.69) is 24.1 Å². The first-order valence-electron chi connectivity index (χ1n) is 9.48. The molecular formula is C21H28N2O5S. The Kier molecular flexibility index (Phi) is 8.04. The standard InChI is InChI=1S/C21H28N2O5S/c1-5-16-6-9-18(10-7-16)29(25,26)23-22-21(24)17-8-11-19(20(14-17)27-4)28-13-12-15(2)3/h6-11,14-15,23H,5,12-13H2,1-4H3,(H,22,24). The third-order valence-corrected chi connectivity index (χ3v) is 5.58. The number of sulfonamides is 1. The van der Waals surface area contributed by atoms with Crippen molar-refractivity contribution in [3.8, 4) is 11.5 Å². The molecule has 0 aliphatic carbocycles. The Labute approximate surface area is 172 Å². The molecular weight excluding hydrogens is 392 g/mol. The zero-order valence-electron chi connectivity index (χ0n) is 17.2. The van der Waals surface area contributed by atoms with E-state index in [1.165, 1.54) is 25.3 Å². The molecule has 8 heteroatoms. The molecule has 0 bridgehead atoms. The van der Waals surface area contributed by atoms with Gasteiger partial charge in [0, 0.05) is 5.56 Å². The smallest absolute Gasteiger partial charge is 0.266 e. The van der Waals surface area contributed by atoms with Crippen LogP contribution in [-0.4, -0.2) is 28.0 Å². The van der Waals surface area contributed by atoms with E-state index in [0.717, 1.165) is 18.4 Å². The lowest BCUT2D eigenvalue weighted by atomic mass is 10.1. The molecule has 2 aromatic rings. The summed E-state index contributed by atoms with van der Waals surface area (Å²) in [5, 5.41) is 0. The third-order valence-electron chi connectivity index (χ3n) is 4.32. The molecule has 2 N–H and O–H groups in total. The summed E-state index contributed by atoms with van der Waals surface area (Å²) >= 11 is 0. The maximum Gasteiger partial charge on any atom is 0.266 e. The Morgan fingerprint density at radius 2 is 1.76 bits per heavy atom. The van der Waals surface area contributed by atoms with Crippen molar-refractivity contribution >= 4 is 15.9 Å². The molecule has 0 fully saturated rings. The van der Waals surface area contributed by atoms with Crippen LogP contribution in [0.2, 0.25) is 0 Å². The van der Waals surface area contributed by atoms with Gasteiger partial charge in [-0.2, -0.15) is 0 Å². The lowest BCUT2D eigenvalue weighted by Crippen LogP contribution is -2.41. The number of methoxy groups -OCH3 is 1. The van der Waals surface area contributed by atoms with Gasteiger partial charge in [0.1, 0.15) is 0 Å². The van der Waals surface area contributed by atoms with Crippen molar-refractivity contribution in [3.05, 3.63) is 53.6 Å². The third kappa shape index (κ3) is 6.47. The molecule has 0 saturated heterocycles. The second-order valence-corrected chi connectivity index (χ2v) is 8.64. The van der Waals surface area contributed by atoms with Crippen molar-refractivity contribution in [1.82, 2.24) is 10.3 Å². The van der Waals surface area contributed by atoms with E-state index in [0.29, 0.717) is 24.0 Å². The predicted molar refractivity (Wildman–Crippen MR) is 112 cm³/mol. The Morgan fingerprint density at radius 3 is 2.34 bits per heavy atom. The minimum Gasteiger partial charge on any atom is -0.493 e. The predicted octanol–water partition coefficient (Wildman–Crippen LogP) is 3.31. The van der Waals surface area contributed by atoms with Gasteiger partial charge in [-0.1, -0.05) is 32.9 Å². The van der Waals surface area contributed by atoms with Crippen LogP contribution in [-0.2, 0) is 16.4 Å². The minimum atomic E-state index is -3.87. The van der Waals surface area contributed by atoms with Crippen LogP contribution in [0.4, 0.5) is 0 Å². The fourth-order valence-corrected chi connectivity index (χ4v) is 3.32.